The van der Waals surface area contributed by atoms with Crippen LogP contribution in [0.5, 0.6) is 0 Å². The second-order valence-corrected chi connectivity index (χ2v) is 6.32. The van der Waals surface area contributed by atoms with Gasteiger partial charge in [0.1, 0.15) is 4.90 Å². The van der Waals surface area contributed by atoms with E-state index >= 15 is 0 Å². The summed E-state index contributed by atoms with van der Waals surface area (Å²) in [6, 6.07) is 11.8. The van der Waals surface area contributed by atoms with Crippen molar-refractivity contribution in [1.82, 2.24) is 0 Å². The predicted molar refractivity (Wildman–Crippen MR) is 81.5 cm³/mol. The van der Waals surface area contributed by atoms with Gasteiger partial charge in [0.2, 0.25) is 0 Å². The number of nitrogens with zero attached hydrogens (tertiary/aromatic N) is 1. The molecule has 0 aromatic heterocycles. The van der Waals surface area contributed by atoms with Crippen molar-refractivity contribution >= 4 is 15.8 Å². The molecule has 22 heavy (non-hydrogen) atoms. The molecule has 0 heterocycles. The highest BCUT2D eigenvalue weighted by molar-refractivity contribution is 7.85. The molecule has 0 saturated heterocycles. The van der Waals surface area contributed by atoms with Gasteiger partial charge in [0, 0.05) is 5.56 Å². The van der Waals surface area contributed by atoms with Crippen LogP contribution in [0.15, 0.2) is 47.4 Å². The normalized spacial score (nSPS) is 11.4. The van der Waals surface area contributed by atoms with E-state index in [-0.39, 0.29) is 17.7 Å². The van der Waals surface area contributed by atoms with E-state index in [1.54, 1.807) is 0 Å². The Bertz CT molecular complexity index is 800. The summed E-state index contributed by atoms with van der Waals surface area (Å²) in [5.74, 6) is 0. The van der Waals surface area contributed by atoms with Crippen molar-refractivity contribution in [3.8, 4) is 0 Å². The standard InChI is InChI=1S/C15H15NO5S/c1-11-7-10-14(22(19,20)21)13(15(11)16(17)18)9-8-12-5-3-2-4-6-12/h2-7,10H,8-9H2,1H3,(H,19,20,21). The van der Waals surface area contributed by atoms with E-state index in [0.29, 0.717) is 12.0 Å². The maximum Gasteiger partial charge on any atom is 0.295 e. The van der Waals surface area contributed by atoms with Crippen LogP contribution in [0.3, 0.4) is 0 Å². The Hall–Kier alpha value is -2.25. The van der Waals surface area contributed by atoms with Crippen LogP contribution in [0.2, 0.25) is 0 Å². The first-order valence-electron chi connectivity index (χ1n) is 6.59. The molecule has 2 aromatic carbocycles. The summed E-state index contributed by atoms with van der Waals surface area (Å²) in [5, 5.41) is 11.3. The van der Waals surface area contributed by atoms with E-state index in [9.17, 15) is 23.1 Å². The van der Waals surface area contributed by atoms with E-state index in [2.05, 4.69) is 0 Å². The lowest BCUT2D eigenvalue weighted by Crippen LogP contribution is -2.09. The van der Waals surface area contributed by atoms with Gasteiger partial charge in [0.05, 0.1) is 10.5 Å². The fraction of sp³-hybridized carbons (Fsp3) is 0.200. The van der Waals surface area contributed by atoms with Crippen molar-refractivity contribution in [2.75, 3.05) is 0 Å². The van der Waals surface area contributed by atoms with Gasteiger partial charge in [0.15, 0.2) is 0 Å². The number of hydrogen-bond acceptors (Lipinski definition) is 4. The third-order valence-electron chi connectivity index (χ3n) is 3.41. The Kier molecular flexibility index (Phi) is 4.58. The van der Waals surface area contributed by atoms with Crippen LogP contribution in [0.25, 0.3) is 0 Å². The van der Waals surface area contributed by atoms with Crippen molar-refractivity contribution in [3.05, 3.63) is 69.3 Å². The summed E-state index contributed by atoms with van der Waals surface area (Å²) in [5.41, 5.74) is 1.07. The van der Waals surface area contributed by atoms with Gasteiger partial charge in [-0.25, -0.2) is 0 Å². The first kappa shape index (κ1) is 16.1. The lowest BCUT2D eigenvalue weighted by atomic mass is 10.0. The largest absolute Gasteiger partial charge is 0.295 e. The SMILES string of the molecule is Cc1ccc(S(=O)(=O)O)c(CCc2ccccc2)c1[N+](=O)[O-]. The van der Waals surface area contributed by atoms with Gasteiger partial charge in [-0.05, 0) is 31.4 Å². The highest BCUT2D eigenvalue weighted by atomic mass is 32.2. The lowest BCUT2D eigenvalue weighted by molar-refractivity contribution is -0.386. The molecule has 7 heteroatoms. The van der Waals surface area contributed by atoms with E-state index in [1.807, 2.05) is 30.3 Å². The Morgan fingerprint density at radius 3 is 2.27 bits per heavy atom. The van der Waals surface area contributed by atoms with Gasteiger partial charge in [0.25, 0.3) is 15.8 Å². The minimum Gasteiger partial charge on any atom is -0.282 e. The van der Waals surface area contributed by atoms with Crippen LogP contribution >= 0.6 is 0 Å². The minimum atomic E-state index is -4.52. The van der Waals surface area contributed by atoms with E-state index < -0.39 is 19.9 Å². The van der Waals surface area contributed by atoms with Gasteiger partial charge in [-0.1, -0.05) is 36.4 Å². The van der Waals surface area contributed by atoms with Crippen LogP contribution in [-0.2, 0) is 23.0 Å². The summed E-state index contributed by atoms with van der Waals surface area (Å²) in [4.78, 5) is 10.3. The monoisotopic (exact) mass is 321 g/mol. The van der Waals surface area contributed by atoms with Crippen LogP contribution in [-0.4, -0.2) is 17.9 Å². The topological polar surface area (TPSA) is 97.5 Å². The maximum atomic E-state index is 11.5. The van der Waals surface area contributed by atoms with Gasteiger partial charge in [-0.15, -0.1) is 0 Å². The predicted octanol–water partition coefficient (Wildman–Crippen LogP) is 2.94. The molecule has 2 aromatic rings. The van der Waals surface area contributed by atoms with Crippen molar-refractivity contribution < 1.29 is 17.9 Å². The average molecular weight is 321 g/mol. The van der Waals surface area contributed by atoms with Crippen LogP contribution in [0, 0.1) is 17.0 Å². The summed E-state index contributed by atoms with van der Waals surface area (Å²) in [6.07, 6.45) is 0.588. The molecule has 0 bridgehead atoms. The highest BCUT2D eigenvalue weighted by Gasteiger charge is 2.26. The molecule has 116 valence electrons. The first-order chi connectivity index (χ1) is 10.3. The minimum absolute atomic E-state index is 0.0383. The molecule has 0 saturated carbocycles. The Morgan fingerprint density at radius 1 is 1.09 bits per heavy atom. The highest BCUT2D eigenvalue weighted by Crippen LogP contribution is 2.30. The molecule has 1 N–H and O–H groups in total. The van der Waals surface area contributed by atoms with Crippen molar-refractivity contribution in [2.45, 2.75) is 24.7 Å². The van der Waals surface area contributed by atoms with Crippen molar-refractivity contribution in [2.24, 2.45) is 0 Å². The summed E-state index contributed by atoms with van der Waals surface area (Å²) < 4.78 is 32.3. The number of nitro benzene ring substituents is 1. The zero-order valence-electron chi connectivity index (χ0n) is 11.9. The van der Waals surface area contributed by atoms with E-state index in [1.165, 1.54) is 19.1 Å². The molecule has 0 aliphatic heterocycles. The van der Waals surface area contributed by atoms with Crippen LogP contribution < -0.4 is 0 Å². The van der Waals surface area contributed by atoms with Crippen molar-refractivity contribution in [1.29, 1.82) is 0 Å². The number of nitro groups is 1. The fourth-order valence-corrected chi connectivity index (χ4v) is 3.14. The molecule has 2 rings (SSSR count). The lowest BCUT2D eigenvalue weighted by Gasteiger charge is -2.10. The summed E-state index contributed by atoms with van der Waals surface area (Å²) in [7, 11) is -4.52. The number of hydrogen-bond donors (Lipinski definition) is 1. The number of benzene rings is 2. The molecule has 0 radical (unpaired) electrons. The molecule has 0 atom stereocenters. The number of aryl methyl sites for hydroxylation is 2. The van der Waals surface area contributed by atoms with Gasteiger partial charge < -0.3 is 0 Å². The third kappa shape index (κ3) is 3.49. The Labute approximate surface area is 128 Å². The zero-order valence-corrected chi connectivity index (χ0v) is 12.7. The second-order valence-electron chi connectivity index (χ2n) is 4.93. The van der Waals surface area contributed by atoms with E-state index in [0.717, 1.165) is 5.56 Å². The summed E-state index contributed by atoms with van der Waals surface area (Å²) >= 11 is 0. The van der Waals surface area contributed by atoms with Crippen molar-refractivity contribution in [3.63, 3.8) is 0 Å². The maximum absolute atomic E-state index is 11.5. The molecular formula is C15H15NO5S. The molecular weight excluding hydrogens is 306 g/mol. The Balaban J connectivity index is 2.51. The fourth-order valence-electron chi connectivity index (χ4n) is 2.39. The molecule has 6 nitrogen and oxygen atoms in total. The second kappa shape index (κ2) is 6.25. The number of rotatable bonds is 5. The van der Waals surface area contributed by atoms with E-state index in [4.69, 9.17) is 0 Å². The van der Waals surface area contributed by atoms with Gasteiger partial charge >= 0.3 is 0 Å². The quantitative estimate of drug-likeness (QED) is 0.519. The summed E-state index contributed by atoms with van der Waals surface area (Å²) in [6.45, 7) is 1.54. The molecule has 0 fully saturated rings. The Morgan fingerprint density at radius 2 is 1.73 bits per heavy atom. The molecule has 0 aliphatic rings. The van der Waals surface area contributed by atoms with Gasteiger partial charge in [-0.3, -0.25) is 14.7 Å². The van der Waals surface area contributed by atoms with Gasteiger partial charge in [-0.2, -0.15) is 8.42 Å². The third-order valence-corrected chi connectivity index (χ3v) is 4.35. The van der Waals surface area contributed by atoms with Crippen LogP contribution in [0.4, 0.5) is 5.69 Å². The zero-order chi connectivity index (χ0) is 16.3. The molecule has 0 aliphatic carbocycles. The average Bonchev–Trinajstić information content (AvgIpc) is 2.44. The first-order valence-corrected chi connectivity index (χ1v) is 8.03. The molecule has 0 unspecified atom stereocenters. The molecule has 0 amide bonds. The molecule has 0 spiro atoms. The van der Waals surface area contributed by atoms with Crippen LogP contribution in [0.1, 0.15) is 16.7 Å². The smallest absolute Gasteiger partial charge is 0.282 e.